The molecular formula is C24H19FN2O4. The van der Waals surface area contributed by atoms with Crippen molar-refractivity contribution in [2.75, 3.05) is 18.1 Å². The monoisotopic (exact) mass is 418 g/mol. The zero-order valence-electron chi connectivity index (χ0n) is 16.5. The van der Waals surface area contributed by atoms with Gasteiger partial charge in [-0.1, -0.05) is 36.4 Å². The minimum Gasteiger partial charge on any atom is -0.489 e. The molecule has 0 atom stereocenters. The molecule has 0 fully saturated rings. The standard InChI is InChI=1S/C24H19FN2O4/c25-20-11-9-18(10-12-20)16-30-22-8-4-5-19(15-22)24(29)31-17-23(28)27(14-13-26)21-6-2-1-3-7-21/h1-12,15H,14,16-17H2. The number of nitrogens with zero attached hydrogens (tertiary/aromatic N) is 2. The molecule has 7 heteroatoms. The molecule has 0 spiro atoms. The van der Waals surface area contributed by atoms with Crippen LogP contribution in [0.4, 0.5) is 10.1 Å². The number of anilines is 1. The number of hydrogen-bond donors (Lipinski definition) is 0. The second-order valence-corrected chi connectivity index (χ2v) is 6.49. The third-order valence-electron chi connectivity index (χ3n) is 4.31. The Hall–Kier alpha value is -4.18. The Bertz CT molecular complexity index is 1080. The number of esters is 1. The molecule has 0 saturated heterocycles. The van der Waals surface area contributed by atoms with E-state index in [0.29, 0.717) is 11.4 Å². The first-order valence-electron chi connectivity index (χ1n) is 9.43. The van der Waals surface area contributed by atoms with Gasteiger partial charge in [-0.2, -0.15) is 5.26 Å². The summed E-state index contributed by atoms with van der Waals surface area (Å²) in [7, 11) is 0. The third-order valence-corrected chi connectivity index (χ3v) is 4.31. The molecule has 0 radical (unpaired) electrons. The van der Waals surface area contributed by atoms with Gasteiger partial charge in [0.05, 0.1) is 11.6 Å². The van der Waals surface area contributed by atoms with Crippen LogP contribution < -0.4 is 9.64 Å². The maximum atomic E-state index is 13.0. The Morgan fingerprint density at radius 2 is 1.71 bits per heavy atom. The molecule has 31 heavy (non-hydrogen) atoms. The van der Waals surface area contributed by atoms with Crippen LogP contribution in [0.2, 0.25) is 0 Å². The van der Waals surface area contributed by atoms with Crippen LogP contribution >= 0.6 is 0 Å². The van der Waals surface area contributed by atoms with E-state index >= 15 is 0 Å². The number of carbonyl (C=O) groups excluding carboxylic acids is 2. The maximum absolute atomic E-state index is 13.0. The molecule has 156 valence electrons. The lowest BCUT2D eigenvalue weighted by atomic mass is 10.2. The lowest BCUT2D eigenvalue weighted by Gasteiger charge is -2.19. The molecule has 3 aromatic carbocycles. The number of benzene rings is 3. The summed E-state index contributed by atoms with van der Waals surface area (Å²) in [6.45, 7) is -0.458. The number of amides is 1. The maximum Gasteiger partial charge on any atom is 0.338 e. The summed E-state index contributed by atoms with van der Waals surface area (Å²) < 4.78 is 23.7. The van der Waals surface area contributed by atoms with Crippen molar-refractivity contribution in [2.45, 2.75) is 6.61 Å². The molecule has 0 aliphatic carbocycles. The van der Waals surface area contributed by atoms with Gasteiger partial charge in [0, 0.05) is 5.69 Å². The van der Waals surface area contributed by atoms with E-state index in [9.17, 15) is 14.0 Å². The Balaban J connectivity index is 1.58. The van der Waals surface area contributed by atoms with Gasteiger partial charge in [-0.15, -0.1) is 0 Å². The van der Waals surface area contributed by atoms with E-state index in [2.05, 4.69) is 0 Å². The number of ether oxygens (including phenoxy) is 2. The molecular weight excluding hydrogens is 399 g/mol. The van der Waals surface area contributed by atoms with Crippen LogP contribution in [0.3, 0.4) is 0 Å². The van der Waals surface area contributed by atoms with Crippen molar-refractivity contribution in [1.82, 2.24) is 0 Å². The SMILES string of the molecule is N#CCN(C(=O)COC(=O)c1cccc(OCc2ccc(F)cc2)c1)c1ccccc1. The smallest absolute Gasteiger partial charge is 0.338 e. The Labute approximate surface area is 179 Å². The van der Waals surface area contributed by atoms with Gasteiger partial charge in [-0.25, -0.2) is 9.18 Å². The molecule has 0 bridgehead atoms. The van der Waals surface area contributed by atoms with E-state index in [1.807, 2.05) is 6.07 Å². The van der Waals surface area contributed by atoms with Crippen molar-refractivity contribution < 1.29 is 23.5 Å². The number of nitriles is 1. The van der Waals surface area contributed by atoms with Gasteiger partial charge in [0.2, 0.25) is 0 Å². The quantitative estimate of drug-likeness (QED) is 0.406. The average molecular weight is 418 g/mol. The summed E-state index contributed by atoms with van der Waals surface area (Å²) in [6.07, 6.45) is 0. The summed E-state index contributed by atoms with van der Waals surface area (Å²) in [5.41, 5.74) is 1.54. The molecule has 3 rings (SSSR count). The summed E-state index contributed by atoms with van der Waals surface area (Å²) in [5, 5.41) is 9.00. The predicted octanol–water partition coefficient (Wildman–Crippen LogP) is 4.12. The van der Waals surface area contributed by atoms with Crippen molar-refractivity contribution in [3.05, 3.63) is 95.8 Å². The van der Waals surface area contributed by atoms with Crippen LogP contribution in [0.5, 0.6) is 5.75 Å². The number of carbonyl (C=O) groups is 2. The van der Waals surface area contributed by atoms with E-state index in [1.54, 1.807) is 60.7 Å². The second kappa shape index (κ2) is 10.6. The Morgan fingerprint density at radius 3 is 2.42 bits per heavy atom. The molecule has 3 aromatic rings. The van der Waals surface area contributed by atoms with Crippen molar-refractivity contribution in [2.24, 2.45) is 0 Å². The molecule has 0 aliphatic heterocycles. The Morgan fingerprint density at radius 1 is 0.968 bits per heavy atom. The van der Waals surface area contributed by atoms with Gasteiger partial charge >= 0.3 is 5.97 Å². The highest BCUT2D eigenvalue weighted by molar-refractivity contribution is 5.97. The normalized spacial score (nSPS) is 10.1. The van der Waals surface area contributed by atoms with Crippen molar-refractivity contribution in [1.29, 1.82) is 5.26 Å². The fourth-order valence-electron chi connectivity index (χ4n) is 2.75. The van der Waals surface area contributed by atoms with Gasteiger partial charge in [0.25, 0.3) is 5.91 Å². The first-order valence-corrected chi connectivity index (χ1v) is 9.43. The van der Waals surface area contributed by atoms with Crippen LogP contribution in [-0.4, -0.2) is 25.0 Å². The van der Waals surface area contributed by atoms with Crippen molar-refractivity contribution in [3.63, 3.8) is 0 Å². The Kier molecular flexibility index (Phi) is 7.33. The predicted molar refractivity (Wildman–Crippen MR) is 112 cm³/mol. The molecule has 1 amide bonds. The first-order chi connectivity index (χ1) is 15.1. The highest BCUT2D eigenvalue weighted by Crippen LogP contribution is 2.17. The summed E-state index contributed by atoms with van der Waals surface area (Å²) >= 11 is 0. The van der Waals surface area contributed by atoms with E-state index < -0.39 is 18.5 Å². The average Bonchev–Trinajstić information content (AvgIpc) is 2.81. The van der Waals surface area contributed by atoms with Crippen LogP contribution in [-0.2, 0) is 16.1 Å². The second-order valence-electron chi connectivity index (χ2n) is 6.49. The minimum absolute atomic E-state index is 0.160. The van der Waals surface area contributed by atoms with E-state index in [-0.39, 0.29) is 24.5 Å². The zero-order valence-corrected chi connectivity index (χ0v) is 16.5. The minimum atomic E-state index is -0.689. The summed E-state index contributed by atoms with van der Waals surface area (Å²) in [5.74, 6) is -1.10. The largest absolute Gasteiger partial charge is 0.489 e. The molecule has 0 unspecified atom stereocenters. The van der Waals surface area contributed by atoms with Crippen molar-refractivity contribution >= 4 is 17.6 Å². The summed E-state index contributed by atoms with van der Waals surface area (Å²) in [4.78, 5) is 26.1. The van der Waals surface area contributed by atoms with Crippen molar-refractivity contribution in [3.8, 4) is 11.8 Å². The number of rotatable bonds is 8. The number of halogens is 1. The zero-order chi connectivity index (χ0) is 22.1. The highest BCUT2D eigenvalue weighted by atomic mass is 19.1. The molecule has 0 saturated carbocycles. The van der Waals surface area contributed by atoms with Crippen LogP contribution in [0.25, 0.3) is 0 Å². The van der Waals surface area contributed by atoms with Crippen LogP contribution in [0, 0.1) is 17.1 Å². The molecule has 0 heterocycles. The van der Waals surface area contributed by atoms with Gasteiger partial charge in [0.15, 0.2) is 6.61 Å². The lowest BCUT2D eigenvalue weighted by molar-refractivity contribution is -0.121. The van der Waals surface area contributed by atoms with Crippen LogP contribution in [0.15, 0.2) is 78.9 Å². The first kappa shape index (κ1) is 21.5. The molecule has 6 nitrogen and oxygen atoms in total. The molecule has 0 aromatic heterocycles. The fourth-order valence-corrected chi connectivity index (χ4v) is 2.75. The van der Waals surface area contributed by atoms with Gasteiger partial charge in [-0.05, 0) is 48.0 Å². The molecule has 0 N–H and O–H groups in total. The number of para-hydroxylation sites is 1. The number of hydrogen-bond acceptors (Lipinski definition) is 5. The van der Waals surface area contributed by atoms with E-state index in [0.717, 1.165) is 5.56 Å². The topological polar surface area (TPSA) is 79.6 Å². The van der Waals surface area contributed by atoms with Gasteiger partial charge in [0.1, 0.15) is 24.7 Å². The third kappa shape index (κ3) is 6.15. The summed E-state index contributed by atoms with van der Waals surface area (Å²) in [6, 6.07) is 22.9. The highest BCUT2D eigenvalue weighted by Gasteiger charge is 2.18. The van der Waals surface area contributed by atoms with Gasteiger partial charge < -0.3 is 9.47 Å². The van der Waals surface area contributed by atoms with Crippen LogP contribution in [0.1, 0.15) is 15.9 Å². The van der Waals surface area contributed by atoms with E-state index in [4.69, 9.17) is 14.7 Å². The van der Waals surface area contributed by atoms with Gasteiger partial charge in [-0.3, -0.25) is 9.69 Å². The lowest BCUT2D eigenvalue weighted by Crippen LogP contribution is -2.35. The molecule has 0 aliphatic rings. The van der Waals surface area contributed by atoms with E-state index in [1.165, 1.54) is 23.1 Å². The fraction of sp³-hybridized carbons (Fsp3) is 0.125.